The summed E-state index contributed by atoms with van der Waals surface area (Å²) in [5, 5.41) is 9.81. The quantitative estimate of drug-likeness (QED) is 0.910. The molecule has 2 aromatic rings. The van der Waals surface area contributed by atoms with Gasteiger partial charge < -0.3 is 5.32 Å². The molecule has 2 rings (SSSR count). The maximum absolute atomic E-state index is 4.43. The van der Waals surface area contributed by atoms with Gasteiger partial charge in [0, 0.05) is 23.5 Å². The van der Waals surface area contributed by atoms with E-state index in [1.165, 1.54) is 0 Å². The monoisotopic (exact) mass is 253 g/mol. The van der Waals surface area contributed by atoms with Gasteiger partial charge in [-0.2, -0.15) is 0 Å². The summed E-state index contributed by atoms with van der Waals surface area (Å²) < 4.78 is 0. The fraction of sp³-hybridized carbons (Fsp3) is 0.455. The number of aryl methyl sites for hydroxylation is 1. The molecular weight excluding hydrogens is 238 g/mol. The minimum Gasteiger partial charge on any atom is -0.300 e. The highest BCUT2D eigenvalue weighted by molar-refractivity contribution is 7.09. The van der Waals surface area contributed by atoms with Crippen LogP contribution in [0, 0.1) is 6.92 Å². The minimum atomic E-state index is -0.0916. The molecule has 0 unspecified atom stereocenters. The van der Waals surface area contributed by atoms with E-state index in [9.17, 15) is 0 Å². The Morgan fingerprint density at radius 2 is 2.19 bits per heavy atom. The van der Waals surface area contributed by atoms with Gasteiger partial charge in [0.05, 0.1) is 16.2 Å². The van der Waals surface area contributed by atoms with Crippen LogP contribution in [0.25, 0.3) is 0 Å². The Balaban J connectivity index is 2.00. The molecule has 3 nitrogen and oxygen atoms in total. The van der Waals surface area contributed by atoms with Crippen molar-refractivity contribution in [3.05, 3.63) is 32.7 Å². The van der Waals surface area contributed by atoms with Gasteiger partial charge in [-0.25, -0.2) is 9.97 Å². The first-order chi connectivity index (χ1) is 7.58. The maximum atomic E-state index is 4.43. The molecule has 2 aromatic heterocycles. The Hall–Kier alpha value is -0.780. The highest BCUT2D eigenvalue weighted by Crippen LogP contribution is 2.22. The van der Waals surface area contributed by atoms with Crippen molar-refractivity contribution >= 4 is 22.7 Å². The number of hydrogen-bond acceptors (Lipinski definition) is 5. The van der Waals surface area contributed by atoms with E-state index in [0.29, 0.717) is 0 Å². The molecule has 0 aliphatic rings. The molecule has 0 saturated heterocycles. The van der Waals surface area contributed by atoms with Crippen molar-refractivity contribution in [3.8, 4) is 0 Å². The molecule has 0 bridgehead atoms. The standard InChI is InChI=1S/C11H15N3S2/c1-8-14-9(7-16-8)6-13-11(2,3)10-12-4-5-15-10/h4-5,7,13H,6H2,1-3H3. The van der Waals surface area contributed by atoms with Crippen molar-refractivity contribution < 1.29 is 0 Å². The summed E-state index contributed by atoms with van der Waals surface area (Å²) in [4.78, 5) is 8.78. The first-order valence-corrected chi connectivity index (χ1v) is 6.90. The second-order valence-electron chi connectivity index (χ2n) is 4.17. The van der Waals surface area contributed by atoms with Gasteiger partial charge in [0.1, 0.15) is 5.01 Å². The van der Waals surface area contributed by atoms with E-state index in [1.807, 2.05) is 18.5 Å². The second kappa shape index (κ2) is 4.61. The fourth-order valence-electron chi connectivity index (χ4n) is 1.41. The molecule has 0 aliphatic heterocycles. The number of thiazole rings is 2. The van der Waals surface area contributed by atoms with Crippen molar-refractivity contribution in [2.24, 2.45) is 0 Å². The summed E-state index contributed by atoms with van der Waals surface area (Å²) in [6.07, 6.45) is 1.84. The van der Waals surface area contributed by atoms with E-state index >= 15 is 0 Å². The Bertz CT molecular complexity index is 446. The van der Waals surface area contributed by atoms with Crippen LogP contribution >= 0.6 is 22.7 Å². The van der Waals surface area contributed by atoms with Crippen LogP contribution in [-0.4, -0.2) is 9.97 Å². The molecule has 5 heteroatoms. The number of nitrogens with zero attached hydrogens (tertiary/aromatic N) is 2. The normalized spacial score (nSPS) is 11.9. The summed E-state index contributed by atoms with van der Waals surface area (Å²) >= 11 is 3.37. The number of aromatic nitrogens is 2. The molecule has 0 atom stereocenters. The zero-order valence-corrected chi connectivity index (χ0v) is 11.3. The Kier molecular flexibility index (Phi) is 3.37. The molecule has 0 saturated carbocycles. The van der Waals surface area contributed by atoms with Crippen molar-refractivity contribution in [2.45, 2.75) is 32.9 Å². The zero-order chi connectivity index (χ0) is 11.6. The first kappa shape index (κ1) is 11.7. The molecular formula is C11H15N3S2. The van der Waals surface area contributed by atoms with E-state index in [1.54, 1.807) is 22.7 Å². The van der Waals surface area contributed by atoms with Crippen LogP contribution in [0.5, 0.6) is 0 Å². The summed E-state index contributed by atoms with van der Waals surface area (Å²) in [6, 6.07) is 0. The molecule has 0 aliphatic carbocycles. The van der Waals surface area contributed by atoms with Crippen LogP contribution in [-0.2, 0) is 12.1 Å². The largest absolute Gasteiger partial charge is 0.300 e. The van der Waals surface area contributed by atoms with Gasteiger partial charge in [0.25, 0.3) is 0 Å². The molecule has 16 heavy (non-hydrogen) atoms. The van der Waals surface area contributed by atoms with E-state index in [2.05, 4.69) is 34.5 Å². The lowest BCUT2D eigenvalue weighted by atomic mass is 10.1. The molecule has 86 valence electrons. The van der Waals surface area contributed by atoms with Gasteiger partial charge in [-0.05, 0) is 20.8 Å². The highest BCUT2D eigenvalue weighted by Gasteiger charge is 2.22. The average molecular weight is 253 g/mol. The van der Waals surface area contributed by atoms with Crippen molar-refractivity contribution in [2.75, 3.05) is 0 Å². The molecule has 2 heterocycles. The molecule has 0 spiro atoms. The summed E-state index contributed by atoms with van der Waals surface area (Å²) in [6.45, 7) is 7.10. The number of nitrogens with one attached hydrogen (secondary N) is 1. The van der Waals surface area contributed by atoms with Crippen LogP contribution in [0.4, 0.5) is 0 Å². The topological polar surface area (TPSA) is 37.8 Å². The third-order valence-electron chi connectivity index (χ3n) is 2.35. The van der Waals surface area contributed by atoms with E-state index in [-0.39, 0.29) is 5.54 Å². The van der Waals surface area contributed by atoms with Gasteiger partial charge in [-0.3, -0.25) is 0 Å². The lowest BCUT2D eigenvalue weighted by molar-refractivity contribution is 0.397. The zero-order valence-electron chi connectivity index (χ0n) is 9.65. The van der Waals surface area contributed by atoms with Gasteiger partial charge in [0.15, 0.2) is 0 Å². The number of rotatable bonds is 4. The lowest BCUT2D eigenvalue weighted by Gasteiger charge is -2.23. The van der Waals surface area contributed by atoms with Crippen molar-refractivity contribution in [3.63, 3.8) is 0 Å². The third kappa shape index (κ3) is 2.66. The summed E-state index contributed by atoms with van der Waals surface area (Å²) in [7, 11) is 0. The van der Waals surface area contributed by atoms with Gasteiger partial charge in [-0.1, -0.05) is 0 Å². The summed E-state index contributed by atoms with van der Waals surface area (Å²) in [5.74, 6) is 0. The SMILES string of the molecule is Cc1nc(CNC(C)(C)c2nccs2)cs1. The van der Waals surface area contributed by atoms with Crippen LogP contribution in [0.1, 0.15) is 29.6 Å². The van der Waals surface area contributed by atoms with Gasteiger partial charge in [-0.15, -0.1) is 22.7 Å². The molecule has 0 radical (unpaired) electrons. The highest BCUT2D eigenvalue weighted by atomic mass is 32.1. The van der Waals surface area contributed by atoms with E-state index in [4.69, 9.17) is 0 Å². The predicted molar refractivity (Wildman–Crippen MR) is 68.8 cm³/mol. The lowest BCUT2D eigenvalue weighted by Crippen LogP contribution is -2.35. The maximum Gasteiger partial charge on any atom is 0.112 e. The van der Waals surface area contributed by atoms with Crippen LogP contribution in [0.2, 0.25) is 0 Å². The smallest absolute Gasteiger partial charge is 0.112 e. The minimum absolute atomic E-state index is 0.0916. The van der Waals surface area contributed by atoms with Crippen LogP contribution < -0.4 is 5.32 Å². The molecule has 0 aromatic carbocycles. The molecule has 0 amide bonds. The third-order valence-corrected chi connectivity index (χ3v) is 4.26. The van der Waals surface area contributed by atoms with E-state index < -0.39 is 0 Å². The van der Waals surface area contributed by atoms with Crippen molar-refractivity contribution in [1.29, 1.82) is 0 Å². The number of hydrogen-bond donors (Lipinski definition) is 1. The average Bonchev–Trinajstić information content (AvgIpc) is 2.85. The van der Waals surface area contributed by atoms with Gasteiger partial charge >= 0.3 is 0 Å². The second-order valence-corrected chi connectivity index (χ2v) is 6.13. The first-order valence-electron chi connectivity index (χ1n) is 5.14. The van der Waals surface area contributed by atoms with Crippen LogP contribution in [0.15, 0.2) is 17.0 Å². The summed E-state index contributed by atoms with van der Waals surface area (Å²) in [5.41, 5.74) is 1.01. The van der Waals surface area contributed by atoms with Crippen LogP contribution in [0.3, 0.4) is 0 Å². The molecule has 0 fully saturated rings. The van der Waals surface area contributed by atoms with E-state index in [0.717, 1.165) is 22.3 Å². The van der Waals surface area contributed by atoms with Gasteiger partial charge in [0.2, 0.25) is 0 Å². The Morgan fingerprint density at radius 1 is 1.38 bits per heavy atom. The Morgan fingerprint density at radius 3 is 2.75 bits per heavy atom. The molecule has 1 N–H and O–H groups in total. The predicted octanol–water partition coefficient (Wildman–Crippen LogP) is 2.93. The Labute approximate surface area is 104 Å². The fourth-order valence-corrected chi connectivity index (χ4v) is 2.76. The van der Waals surface area contributed by atoms with Crippen molar-refractivity contribution in [1.82, 2.24) is 15.3 Å².